The number of hydrogen-bond acceptors (Lipinski definition) is 4. The Morgan fingerprint density at radius 2 is 1.84 bits per heavy atom. The summed E-state index contributed by atoms with van der Waals surface area (Å²) in [7, 11) is 0. The van der Waals surface area contributed by atoms with Gasteiger partial charge in [-0.15, -0.1) is 10.2 Å². The van der Waals surface area contributed by atoms with Crippen molar-refractivity contribution in [2.75, 3.05) is 5.32 Å². The second-order valence-corrected chi connectivity index (χ2v) is 6.80. The first kappa shape index (κ1) is 17.3. The standard InChI is InChI=1S/C18H18BrN5O/c1-11-8-12(2)17(13(3)9-11)20-16(25)10-24-22-18(21-23-24)14-6-4-5-7-15(14)19/h4-9H,10H2,1-3H3,(H,20,25). The van der Waals surface area contributed by atoms with Gasteiger partial charge in [0.15, 0.2) is 0 Å². The third-order valence-corrected chi connectivity index (χ3v) is 4.49. The minimum atomic E-state index is -0.189. The minimum Gasteiger partial charge on any atom is -0.324 e. The highest BCUT2D eigenvalue weighted by Crippen LogP contribution is 2.24. The van der Waals surface area contributed by atoms with E-state index in [9.17, 15) is 4.79 Å². The summed E-state index contributed by atoms with van der Waals surface area (Å²) in [6, 6.07) is 11.7. The fraction of sp³-hybridized carbons (Fsp3) is 0.222. The number of nitrogens with one attached hydrogen (secondary N) is 1. The third-order valence-electron chi connectivity index (χ3n) is 3.79. The molecule has 1 amide bonds. The number of rotatable bonds is 4. The van der Waals surface area contributed by atoms with Gasteiger partial charge in [-0.05, 0) is 49.2 Å². The van der Waals surface area contributed by atoms with Crippen LogP contribution >= 0.6 is 15.9 Å². The Morgan fingerprint density at radius 3 is 2.52 bits per heavy atom. The van der Waals surface area contributed by atoms with E-state index < -0.39 is 0 Å². The summed E-state index contributed by atoms with van der Waals surface area (Å²) in [5.41, 5.74) is 4.91. The average molecular weight is 400 g/mol. The molecule has 6 nitrogen and oxygen atoms in total. The first-order chi connectivity index (χ1) is 11.9. The molecule has 1 heterocycles. The van der Waals surface area contributed by atoms with Crippen LogP contribution in [0.15, 0.2) is 40.9 Å². The Bertz CT molecular complexity index is 912. The van der Waals surface area contributed by atoms with Crippen molar-refractivity contribution in [2.24, 2.45) is 0 Å². The SMILES string of the molecule is Cc1cc(C)c(NC(=O)Cn2nnc(-c3ccccc3Br)n2)c(C)c1. The number of anilines is 1. The van der Waals surface area contributed by atoms with Crippen LogP contribution in [0.1, 0.15) is 16.7 Å². The second-order valence-electron chi connectivity index (χ2n) is 5.95. The zero-order valence-corrected chi connectivity index (χ0v) is 15.8. The fourth-order valence-electron chi connectivity index (χ4n) is 2.75. The Hall–Kier alpha value is -2.54. The Balaban J connectivity index is 1.74. The van der Waals surface area contributed by atoms with E-state index in [1.54, 1.807) is 0 Å². The van der Waals surface area contributed by atoms with Gasteiger partial charge in [0.05, 0.1) is 0 Å². The molecule has 1 aromatic heterocycles. The lowest BCUT2D eigenvalue weighted by Gasteiger charge is -2.12. The van der Waals surface area contributed by atoms with Crippen LogP contribution in [0.5, 0.6) is 0 Å². The van der Waals surface area contributed by atoms with E-state index in [2.05, 4.69) is 36.7 Å². The molecule has 0 radical (unpaired) electrons. The Morgan fingerprint density at radius 1 is 1.16 bits per heavy atom. The van der Waals surface area contributed by atoms with Gasteiger partial charge < -0.3 is 5.32 Å². The predicted molar refractivity (Wildman–Crippen MR) is 100 cm³/mol. The summed E-state index contributed by atoms with van der Waals surface area (Å²) in [5.74, 6) is 0.286. The number of amides is 1. The number of nitrogens with zero attached hydrogens (tertiary/aromatic N) is 4. The van der Waals surface area contributed by atoms with Crippen LogP contribution in [0.25, 0.3) is 11.4 Å². The number of carbonyl (C=O) groups excluding carboxylic acids is 1. The summed E-state index contributed by atoms with van der Waals surface area (Å²) < 4.78 is 0.880. The zero-order valence-electron chi connectivity index (χ0n) is 14.2. The molecule has 3 aromatic rings. The van der Waals surface area contributed by atoms with Gasteiger partial charge in [-0.2, -0.15) is 4.80 Å². The van der Waals surface area contributed by atoms with Crippen LogP contribution in [-0.4, -0.2) is 26.1 Å². The van der Waals surface area contributed by atoms with Crippen molar-refractivity contribution >= 4 is 27.5 Å². The molecular weight excluding hydrogens is 382 g/mol. The lowest BCUT2D eigenvalue weighted by Crippen LogP contribution is -2.21. The van der Waals surface area contributed by atoms with Crippen molar-refractivity contribution < 1.29 is 4.79 Å². The monoisotopic (exact) mass is 399 g/mol. The zero-order chi connectivity index (χ0) is 18.0. The topological polar surface area (TPSA) is 72.7 Å². The van der Waals surface area contributed by atoms with Crippen LogP contribution in [-0.2, 0) is 11.3 Å². The predicted octanol–water partition coefficient (Wildman–Crippen LogP) is 3.67. The maximum Gasteiger partial charge on any atom is 0.248 e. The van der Waals surface area contributed by atoms with E-state index in [0.717, 1.165) is 26.9 Å². The summed E-state index contributed by atoms with van der Waals surface area (Å²) in [4.78, 5) is 13.6. The lowest BCUT2D eigenvalue weighted by molar-refractivity contribution is -0.117. The Labute approximate surface area is 154 Å². The van der Waals surface area contributed by atoms with Gasteiger partial charge in [0.2, 0.25) is 11.7 Å². The van der Waals surface area contributed by atoms with Gasteiger partial charge >= 0.3 is 0 Å². The van der Waals surface area contributed by atoms with Crippen LogP contribution in [0.4, 0.5) is 5.69 Å². The first-order valence-corrected chi connectivity index (χ1v) is 8.64. The number of aromatic nitrogens is 4. The number of aryl methyl sites for hydroxylation is 3. The number of tetrazole rings is 1. The van der Waals surface area contributed by atoms with Gasteiger partial charge in [0.1, 0.15) is 6.54 Å². The number of carbonyl (C=O) groups is 1. The van der Waals surface area contributed by atoms with Gasteiger partial charge in [-0.1, -0.05) is 45.8 Å². The van der Waals surface area contributed by atoms with Crippen molar-refractivity contribution in [3.63, 3.8) is 0 Å². The minimum absolute atomic E-state index is 0.00418. The van der Waals surface area contributed by atoms with Gasteiger partial charge in [0, 0.05) is 15.7 Å². The first-order valence-electron chi connectivity index (χ1n) is 7.84. The van der Waals surface area contributed by atoms with Crippen LogP contribution in [0, 0.1) is 20.8 Å². The molecule has 25 heavy (non-hydrogen) atoms. The smallest absolute Gasteiger partial charge is 0.248 e. The van der Waals surface area contributed by atoms with E-state index in [-0.39, 0.29) is 12.5 Å². The molecule has 0 aliphatic heterocycles. The molecule has 2 aromatic carbocycles. The molecule has 7 heteroatoms. The molecule has 0 spiro atoms. The van der Waals surface area contributed by atoms with E-state index in [4.69, 9.17) is 0 Å². The quantitative estimate of drug-likeness (QED) is 0.726. The van der Waals surface area contributed by atoms with Gasteiger partial charge in [-0.25, -0.2) is 0 Å². The largest absolute Gasteiger partial charge is 0.324 e. The highest BCUT2D eigenvalue weighted by molar-refractivity contribution is 9.10. The molecule has 0 bridgehead atoms. The molecule has 0 atom stereocenters. The summed E-state index contributed by atoms with van der Waals surface area (Å²) >= 11 is 3.46. The molecule has 0 fully saturated rings. The third kappa shape index (κ3) is 3.93. The molecular formula is C18H18BrN5O. The maximum atomic E-state index is 12.3. The molecule has 0 aliphatic rings. The van der Waals surface area contributed by atoms with Gasteiger partial charge in [-0.3, -0.25) is 4.79 Å². The number of hydrogen-bond donors (Lipinski definition) is 1. The van der Waals surface area contributed by atoms with Crippen molar-refractivity contribution in [1.82, 2.24) is 20.2 Å². The molecule has 3 rings (SSSR count). The normalized spacial score (nSPS) is 10.7. The fourth-order valence-corrected chi connectivity index (χ4v) is 3.21. The van der Waals surface area contributed by atoms with Crippen LogP contribution < -0.4 is 5.32 Å². The number of benzene rings is 2. The molecule has 0 aliphatic carbocycles. The van der Waals surface area contributed by atoms with E-state index in [1.165, 1.54) is 10.4 Å². The van der Waals surface area contributed by atoms with E-state index in [1.807, 2.05) is 57.2 Å². The van der Waals surface area contributed by atoms with E-state index >= 15 is 0 Å². The highest BCUT2D eigenvalue weighted by Gasteiger charge is 2.13. The van der Waals surface area contributed by atoms with Crippen molar-refractivity contribution in [1.29, 1.82) is 0 Å². The second kappa shape index (κ2) is 7.14. The highest BCUT2D eigenvalue weighted by atomic mass is 79.9. The molecule has 0 saturated carbocycles. The van der Waals surface area contributed by atoms with Crippen LogP contribution in [0.3, 0.4) is 0 Å². The molecule has 0 saturated heterocycles. The molecule has 1 N–H and O–H groups in total. The van der Waals surface area contributed by atoms with Crippen molar-refractivity contribution in [3.8, 4) is 11.4 Å². The molecule has 128 valence electrons. The van der Waals surface area contributed by atoms with Crippen molar-refractivity contribution in [2.45, 2.75) is 27.3 Å². The number of halogens is 1. The summed E-state index contributed by atoms with van der Waals surface area (Å²) in [5, 5.41) is 15.2. The van der Waals surface area contributed by atoms with Crippen LogP contribution in [0.2, 0.25) is 0 Å². The van der Waals surface area contributed by atoms with Gasteiger partial charge in [0.25, 0.3) is 0 Å². The molecule has 0 unspecified atom stereocenters. The van der Waals surface area contributed by atoms with Crippen molar-refractivity contribution in [3.05, 3.63) is 57.6 Å². The summed E-state index contributed by atoms with van der Waals surface area (Å²) in [6.07, 6.45) is 0. The Kier molecular flexibility index (Phi) is 4.94. The maximum absolute atomic E-state index is 12.3. The lowest BCUT2D eigenvalue weighted by atomic mass is 10.1. The van der Waals surface area contributed by atoms with E-state index in [0.29, 0.717) is 5.82 Å². The average Bonchev–Trinajstić information content (AvgIpc) is 2.99. The summed E-state index contributed by atoms with van der Waals surface area (Å²) in [6.45, 7) is 6.00.